The summed E-state index contributed by atoms with van der Waals surface area (Å²) in [6.07, 6.45) is -0.716. The zero-order valence-corrected chi connectivity index (χ0v) is 12.2. The van der Waals surface area contributed by atoms with Crippen molar-refractivity contribution < 1.29 is 22.7 Å². The highest BCUT2D eigenvalue weighted by molar-refractivity contribution is 5.89. The quantitative estimate of drug-likeness (QED) is 0.806. The van der Waals surface area contributed by atoms with Crippen molar-refractivity contribution >= 4 is 11.6 Å². The zero-order valence-electron chi connectivity index (χ0n) is 12.2. The third kappa shape index (κ3) is 3.98. The van der Waals surface area contributed by atoms with E-state index < -0.39 is 18.7 Å². The highest BCUT2D eigenvalue weighted by Crippen LogP contribution is 2.21. The standard InChI is InChI=1S/C14H15F3N4O2/c15-14(16,17)8-20-5-3-11(4-6-20)23-13(22)10-1-2-12-19-18-9-21(12)7-10/h1-2,7,9,11H,3-6,8H2. The summed E-state index contributed by atoms with van der Waals surface area (Å²) < 4.78 is 44.0. The minimum atomic E-state index is -4.20. The highest BCUT2D eigenvalue weighted by atomic mass is 19.4. The highest BCUT2D eigenvalue weighted by Gasteiger charge is 2.33. The van der Waals surface area contributed by atoms with E-state index in [0.717, 1.165) is 0 Å². The number of hydrogen-bond donors (Lipinski definition) is 0. The number of ether oxygens (including phenoxy) is 1. The molecule has 0 bridgehead atoms. The number of hydrogen-bond acceptors (Lipinski definition) is 5. The van der Waals surface area contributed by atoms with E-state index in [1.807, 2.05) is 0 Å². The largest absolute Gasteiger partial charge is 0.459 e. The van der Waals surface area contributed by atoms with Crippen LogP contribution in [0.4, 0.5) is 13.2 Å². The summed E-state index contributed by atoms with van der Waals surface area (Å²) in [6, 6.07) is 3.24. The molecule has 1 aliphatic heterocycles. The molecule has 0 atom stereocenters. The average molecular weight is 328 g/mol. The first-order valence-electron chi connectivity index (χ1n) is 7.20. The van der Waals surface area contributed by atoms with Crippen LogP contribution in [0.25, 0.3) is 5.65 Å². The van der Waals surface area contributed by atoms with E-state index in [0.29, 0.717) is 24.1 Å². The number of esters is 1. The van der Waals surface area contributed by atoms with Crippen molar-refractivity contribution in [1.82, 2.24) is 19.5 Å². The Morgan fingerprint density at radius 2 is 2.04 bits per heavy atom. The summed E-state index contributed by atoms with van der Waals surface area (Å²) in [6.45, 7) is -0.387. The number of halogens is 3. The summed E-state index contributed by atoms with van der Waals surface area (Å²) in [4.78, 5) is 13.4. The number of carbonyl (C=O) groups excluding carboxylic acids is 1. The number of aromatic nitrogens is 3. The van der Waals surface area contributed by atoms with E-state index in [2.05, 4.69) is 10.2 Å². The summed E-state index contributed by atoms with van der Waals surface area (Å²) in [5, 5.41) is 7.55. The maximum absolute atomic E-state index is 12.3. The number of pyridine rings is 1. The molecule has 1 fully saturated rings. The van der Waals surface area contributed by atoms with Gasteiger partial charge in [0.15, 0.2) is 5.65 Å². The van der Waals surface area contributed by atoms with Crippen LogP contribution >= 0.6 is 0 Å². The number of nitrogens with zero attached hydrogens (tertiary/aromatic N) is 4. The fraction of sp³-hybridized carbons (Fsp3) is 0.500. The van der Waals surface area contributed by atoms with Crippen LogP contribution in [0.3, 0.4) is 0 Å². The Hall–Kier alpha value is -2.16. The molecule has 0 saturated carbocycles. The van der Waals surface area contributed by atoms with Gasteiger partial charge < -0.3 is 4.74 Å². The number of likely N-dealkylation sites (tertiary alicyclic amines) is 1. The average Bonchev–Trinajstić information content (AvgIpc) is 2.95. The van der Waals surface area contributed by atoms with E-state index >= 15 is 0 Å². The van der Waals surface area contributed by atoms with Gasteiger partial charge in [0, 0.05) is 19.3 Å². The predicted molar refractivity (Wildman–Crippen MR) is 73.9 cm³/mol. The second-order valence-electron chi connectivity index (χ2n) is 5.51. The smallest absolute Gasteiger partial charge is 0.401 e. The van der Waals surface area contributed by atoms with Crippen LogP contribution in [-0.4, -0.2) is 57.4 Å². The topological polar surface area (TPSA) is 59.7 Å². The molecule has 23 heavy (non-hydrogen) atoms. The Bertz CT molecular complexity index is 693. The second kappa shape index (κ2) is 6.15. The number of carbonyl (C=O) groups is 1. The first-order chi connectivity index (χ1) is 10.9. The molecule has 0 aliphatic carbocycles. The third-order valence-corrected chi connectivity index (χ3v) is 3.74. The second-order valence-corrected chi connectivity index (χ2v) is 5.51. The summed E-state index contributed by atoms with van der Waals surface area (Å²) in [5.74, 6) is -0.491. The molecule has 0 spiro atoms. The molecule has 0 unspecified atom stereocenters. The van der Waals surface area contributed by atoms with E-state index in [1.165, 1.54) is 11.2 Å². The normalized spacial score (nSPS) is 17.5. The lowest BCUT2D eigenvalue weighted by atomic mass is 10.1. The van der Waals surface area contributed by atoms with Crippen molar-refractivity contribution in [2.75, 3.05) is 19.6 Å². The fourth-order valence-corrected chi connectivity index (χ4v) is 2.61. The van der Waals surface area contributed by atoms with Crippen LogP contribution in [0.1, 0.15) is 23.2 Å². The van der Waals surface area contributed by atoms with Crippen molar-refractivity contribution in [3.8, 4) is 0 Å². The molecule has 0 aromatic carbocycles. The number of alkyl halides is 3. The molecule has 2 aromatic heterocycles. The van der Waals surface area contributed by atoms with Gasteiger partial charge in [0.05, 0.1) is 12.1 Å². The number of fused-ring (bicyclic) bond motifs is 1. The van der Waals surface area contributed by atoms with Gasteiger partial charge in [0.2, 0.25) is 0 Å². The summed E-state index contributed by atoms with van der Waals surface area (Å²) in [7, 11) is 0. The molecular weight excluding hydrogens is 313 g/mol. The lowest BCUT2D eigenvalue weighted by Gasteiger charge is -2.31. The molecule has 0 radical (unpaired) electrons. The van der Waals surface area contributed by atoms with Crippen LogP contribution in [0.2, 0.25) is 0 Å². The molecule has 2 aromatic rings. The first kappa shape index (κ1) is 15.7. The maximum atomic E-state index is 12.3. The van der Waals surface area contributed by atoms with Crippen molar-refractivity contribution in [2.24, 2.45) is 0 Å². The van der Waals surface area contributed by atoms with Crippen molar-refractivity contribution in [3.63, 3.8) is 0 Å². The van der Waals surface area contributed by atoms with Gasteiger partial charge in [-0.3, -0.25) is 9.30 Å². The van der Waals surface area contributed by atoms with E-state index in [4.69, 9.17) is 4.74 Å². The summed E-state index contributed by atoms with van der Waals surface area (Å²) in [5.41, 5.74) is 0.969. The molecule has 3 heterocycles. The molecular formula is C14H15F3N4O2. The van der Waals surface area contributed by atoms with E-state index in [1.54, 1.807) is 22.7 Å². The molecule has 0 N–H and O–H groups in total. The Labute approximate surface area is 129 Å². The summed E-state index contributed by atoms with van der Waals surface area (Å²) >= 11 is 0. The van der Waals surface area contributed by atoms with Crippen LogP contribution in [0.15, 0.2) is 24.7 Å². The van der Waals surface area contributed by atoms with E-state index in [-0.39, 0.29) is 19.2 Å². The third-order valence-electron chi connectivity index (χ3n) is 3.74. The van der Waals surface area contributed by atoms with Gasteiger partial charge in [-0.1, -0.05) is 0 Å². The molecule has 6 nitrogen and oxygen atoms in total. The molecule has 0 amide bonds. The van der Waals surface area contributed by atoms with E-state index in [9.17, 15) is 18.0 Å². The van der Waals surface area contributed by atoms with Crippen molar-refractivity contribution in [1.29, 1.82) is 0 Å². The number of rotatable bonds is 3. The van der Waals surface area contributed by atoms with Crippen LogP contribution in [0.5, 0.6) is 0 Å². The molecule has 9 heteroatoms. The van der Waals surface area contributed by atoms with Crippen molar-refractivity contribution in [3.05, 3.63) is 30.2 Å². The predicted octanol–water partition coefficient (Wildman–Crippen LogP) is 1.91. The van der Waals surface area contributed by atoms with Gasteiger partial charge in [-0.25, -0.2) is 4.79 Å². The fourth-order valence-electron chi connectivity index (χ4n) is 2.61. The van der Waals surface area contributed by atoms with Crippen LogP contribution < -0.4 is 0 Å². The lowest BCUT2D eigenvalue weighted by Crippen LogP contribution is -2.42. The van der Waals surface area contributed by atoms with Gasteiger partial charge in [0.1, 0.15) is 12.4 Å². The van der Waals surface area contributed by atoms with Crippen molar-refractivity contribution in [2.45, 2.75) is 25.1 Å². The van der Waals surface area contributed by atoms with Gasteiger partial charge in [-0.05, 0) is 25.0 Å². The molecule has 124 valence electrons. The Morgan fingerprint density at radius 1 is 1.30 bits per heavy atom. The van der Waals surface area contributed by atoms with Crippen LogP contribution in [-0.2, 0) is 4.74 Å². The Kier molecular flexibility index (Phi) is 4.20. The molecule has 3 rings (SSSR count). The molecule has 1 saturated heterocycles. The van der Waals surface area contributed by atoms with Gasteiger partial charge >= 0.3 is 12.1 Å². The van der Waals surface area contributed by atoms with Gasteiger partial charge in [0.25, 0.3) is 0 Å². The first-order valence-corrected chi connectivity index (χ1v) is 7.20. The lowest BCUT2D eigenvalue weighted by molar-refractivity contribution is -0.150. The molecule has 1 aliphatic rings. The minimum absolute atomic E-state index is 0.266. The zero-order chi connectivity index (χ0) is 16.4. The monoisotopic (exact) mass is 328 g/mol. The minimum Gasteiger partial charge on any atom is -0.459 e. The number of piperidine rings is 1. The Balaban J connectivity index is 1.55. The SMILES string of the molecule is O=C(OC1CCN(CC(F)(F)F)CC1)c1ccc2nncn2c1. The van der Waals surface area contributed by atoms with Crippen LogP contribution in [0, 0.1) is 0 Å². The van der Waals surface area contributed by atoms with Gasteiger partial charge in [-0.2, -0.15) is 13.2 Å². The Morgan fingerprint density at radius 3 is 2.74 bits per heavy atom. The maximum Gasteiger partial charge on any atom is 0.401 e. The van der Waals surface area contributed by atoms with Gasteiger partial charge in [-0.15, -0.1) is 10.2 Å².